The van der Waals surface area contributed by atoms with Crippen molar-refractivity contribution in [3.8, 4) is 0 Å². The van der Waals surface area contributed by atoms with E-state index < -0.39 is 6.10 Å². The van der Waals surface area contributed by atoms with Crippen LogP contribution in [0, 0.1) is 0 Å². The van der Waals surface area contributed by atoms with E-state index in [4.69, 9.17) is 4.74 Å². The van der Waals surface area contributed by atoms with Gasteiger partial charge in [-0.15, -0.1) is 10.2 Å². The van der Waals surface area contributed by atoms with E-state index in [0.29, 0.717) is 24.7 Å². The van der Waals surface area contributed by atoms with Crippen LogP contribution >= 0.6 is 11.3 Å². The average Bonchev–Trinajstić information content (AvgIpc) is 3.36. The number of nitrogens with zero attached hydrogens (tertiary/aromatic N) is 3. The van der Waals surface area contributed by atoms with Gasteiger partial charge in [-0.2, -0.15) is 0 Å². The Kier molecular flexibility index (Phi) is 4.46. The van der Waals surface area contributed by atoms with E-state index in [1.807, 2.05) is 30.3 Å². The number of hydrogen-bond acceptors (Lipinski definition) is 6. The lowest BCUT2D eigenvalue weighted by molar-refractivity contribution is -0.124. The molecular formula is C17H18N4O3S. The van der Waals surface area contributed by atoms with Crippen molar-refractivity contribution in [2.45, 2.75) is 31.3 Å². The second-order valence-electron chi connectivity index (χ2n) is 6.18. The van der Waals surface area contributed by atoms with E-state index in [1.165, 1.54) is 11.3 Å². The molecule has 1 aromatic carbocycles. The van der Waals surface area contributed by atoms with Gasteiger partial charge in [0.05, 0.1) is 0 Å². The molecular weight excluding hydrogens is 340 g/mol. The third-order valence-corrected chi connectivity index (χ3v) is 5.44. The standard InChI is InChI=1S/C17H18N4O3S/c22-14-9-11(10-21(14)12-5-2-1-3-6-12)16-19-20-17(25-16)18-15(23)13-7-4-8-24-13/h1-3,5-6,11,13H,4,7-10H2,(H,18,20,23)/t11-,13+/m1/s1. The largest absolute Gasteiger partial charge is 0.368 e. The van der Waals surface area contributed by atoms with Crippen LogP contribution in [0.3, 0.4) is 0 Å². The maximum Gasteiger partial charge on any atom is 0.255 e. The zero-order valence-electron chi connectivity index (χ0n) is 13.6. The molecule has 0 bridgehead atoms. The molecule has 1 N–H and O–H groups in total. The summed E-state index contributed by atoms with van der Waals surface area (Å²) >= 11 is 1.33. The molecule has 2 aliphatic rings. The fourth-order valence-electron chi connectivity index (χ4n) is 3.15. The maximum atomic E-state index is 12.3. The molecule has 2 aliphatic heterocycles. The summed E-state index contributed by atoms with van der Waals surface area (Å²) in [6.45, 7) is 1.20. The summed E-state index contributed by atoms with van der Waals surface area (Å²) in [6, 6.07) is 9.61. The van der Waals surface area contributed by atoms with Crippen molar-refractivity contribution in [1.29, 1.82) is 0 Å². The van der Waals surface area contributed by atoms with Crippen molar-refractivity contribution in [2.24, 2.45) is 0 Å². The van der Waals surface area contributed by atoms with Crippen LogP contribution in [0.5, 0.6) is 0 Å². The molecule has 0 saturated carbocycles. The van der Waals surface area contributed by atoms with Crippen LogP contribution < -0.4 is 10.2 Å². The molecule has 0 unspecified atom stereocenters. The molecule has 2 amide bonds. The Labute approximate surface area is 149 Å². The molecule has 0 spiro atoms. The first-order valence-corrected chi connectivity index (χ1v) is 9.13. The number of amides is 2. The van der Waals surface area contributed by atoms with Gasteiger partial charge < -0.3 is 9.64 Å². The second kappa shape index (κ2) is 6.89. The quantitative estimate of drug-likeness (QED) is 0.905. The predicted octanol–water partition coefficient (Wildman–Crippen LogP) is 2.18. The molecule has 2 saturated heterocycles. The number of para-hydroxylation sites is 1. The summed E-state index contributed by atoms with van der Waals surface area (Å²) in [5.74, 6) is -0.0939. The number of anilines is 2. The summed E-state index contributed by atoms with van der Waals surface area (Å²) in [4.78, 5) is 26.2. The van der Waals surface area contributed by atoms with Crippen molar-refractivity contribution in [1.82, 2.24) is 10.2 Å². The second-order valence-corrected chi connectivity index (χ2v) is 7.19. The normalized spacial score (nSPS) is 23.2. The molecule has 0 radical (unpaired) electrons. The van der Waals surface area contributed by atoms with E-state index >= 15 is 0 Å². The van der Waals surface area contributed by atoms with Crippen molar-refractivity contribution in [3.63, 3.8) is 0 Å². The molecule has 4 rings (SSSR count). The highest BCUT2D eigenvalue weighted by Crippen LogP contribution is 2.34. The minimum absolute atomic E-state index is 0.00131. The van der Waals surface area contributed by atoms with Crippen LogP contribution in [0.2, 0.25) is 0 Å². The van der Waals surface area contributed by atoms with E-state index in [9.17, 15) is 9.59 Å². The van der Waals surface area contributed by atoms with Crippen LogP contribution in [-0.2, 0) is 14.3 Å². The summed E-state index contributed by atoms with van der Waals surface area (Å²) in [7, 11) is 0. The number of nitrogens with one attached hydrogen (secondary N) is 1. The predicted molar refractivity (Wildman–Crippen MR) is 93.7 cm³/mol. The van der Waals surface area contributed by atoms with Crippen molar-refractivity contribution < 1.29 is 14.3 Å². The summed E-state index contributed by atoms with van der Waals surface area (Å²) < 4.78 is 5.36. The minimum atomic E-state index is -0.394. The molecule has 130 valence electrons. The van der Waals surface area contributed by atoms with Gasteiger partial charge >= 0.3 is 0 Å². The van der Waals surface area contributed by atoms with Crippen LogP contribution in [0.15, 0.2) is 30.3 Å². The molecule has 3 heterocycles. The van der Waals surface area contributed by atoms with Gasteiger partial charge in [-0.3, -0.25) is 14.9 Å². The molecule has 0 aliphatic carbocycles. The monoisotopic (exact) mass is 358 g/mol. The Hall–Kier alpha value is -2.32. The number of rotatable bonds is 4. The number of ether oxygens (including phenoxy) is 1. The first-order chi connectivity index (χ1) is 12.2. The summed E-state index contributed by atoms with van der Waals surface area (Å²) in [5, 5.41) is 12.2. The number of carbonyl (C=O) groups excluding carboxylic acids is 2. The topological polar surface area (TPSA) is 84.4 Å². The molecule has 2 aromatic rings. The number of benzene rings is 1. The molecule has 8 heteroatoms. The lowest BCUT2D eigenvalue weighted by Gasteiger charge is -2.15. The van der Waals surface area contributed by atoms with Gasteiger partial charge in [0, 0.05) is 31.2 Å². The van der Waals surface area contributed by atoms with Gasteiger partial charge in [0.1, 0.15) is 11.1 Å². The van der Waals surface area contributed by atoms with Crippen LogP contribution in [-0.4, -0.2) is 41.3 Å². The highest BCUT2D eigenvalue weighted by molar-refractivity contribution is 7.15. The van der Waals surface area contributed by atoms with Gasteiger partial charge in [-0.1, -0.05) is 29.5 Å². The van der Waals surface area contributed by atoms with Crippen molar-refractivity contribution in [3.05, 3.63) is 35.3 Å². The highest BCUT2D eigenvalue weighted by atomic mass is 32.1. The zero-order chi connectivity index (χ0) is 17.2. The third-order valence-electron chi connectivity index (χ3n) is 4.44. The highest BCUT2D eigenvalue weighted by Gasteiger charge is 2.34. The van der Waals surface area contributed by atoms with Gasteiger partial charge in [0.2, 0.25) is 11.0 Å². The molecule has 25 heavy (non-hydrogen) atoms. The van der Waals surface area contributed by atoms with E-state index in [-0.39, 0.29) is 17.7 Å². The fourth-order valence-corrected chi connectivity index (χ4v) is 3.99. The Morgan fingerprint density at radius 3 is 2.88 bits per heavy atom. The first-order valence-electron chi connectivity index (χ1n) is 8.32. The Morgan fingerprint density at radius 2 is 2.12 bits per heavy atom. The fraction of sp³-hybridized carbons (Fsp3) is 0.412. The summed E-state index contributed by atoms with van der Waals surface area (Å²) in [6.07, 6.45) is 1.65. The molecule has 2 fully saturated rings. The van der Waals surface area contributed by atoms with Gasteiger partial charge in [-0.25, -0.2) is 0 Å². The third kappa shape index (κ3) is 3.40. The Morgan fingerprint density at radius 1 is 1.28 bits per heavy atom. The lowest BCUT2D eigenvalue weighted by atomic mass is 10.1. The minimum Gasteiger partial charge on any atom is -0.368 e. The van der Waals surface area contributed by atoms with Crippen LogP contribution in [0.25, 0.3) is 0 Å². The number of aromatic nitrogens is 2. The summed E-state index contributed by atoms with van der Waals surface area (Å²) in [5.41, 5.74) is 0.895. The lowest BCUT2D eigenvalue weighted by Crippen LogP contribution is -2.26. The van der Waals surface area contributed by atoms with Gasteiger partial charge in [-0.05, 0) is 25.0 Å². The molecule has 2 atom stereocenters. The SMILES string of the molecule is O=C(Nc1nnc([C@@H]2CC(=O)N(c3ccccc3)C2)s1)[C@@H]1CCCO1. The molecule has 1 aromatic heterocycles. The number of carbonyl (C=O) groups is 2. The maximum absolute atomic E-state index is 12.3. The van der Waals surface area contributed by atoms with Crippen molar-refractivity contribution >= 4 is 34.0 Å². The van der Waals surface area contributed by atoms with Gasteiger partial charge in [0.15, 0.2) is 0 Å². The van der Waals surface area contributed by atoms with E-state index in [0.717, 1.165) is 23.5 Å². The van der Waals surface area contributed by atoms with Crippen LogP contribution in [0.1, 0.15) is 30.2 Å². The molecule has 7 nitrogen and oxygen atoms in total. The van der Waals surface area contributed by atoms with E-state index in [1.54, 1.807) is 4.90 Å². The Balaban J connectivity index is 1.42. The van der Waals surface area contributed by atoms with Gasteiger partial charge in [0.25, 0.3) is 5.91 Å². The Bertz CT molecular complexity index is 773. The smallest absolute Gasteiger partial charge is 0.255 e. The first kappa shape index (κ1) is 16.2. The number of hydrogen-bond donors (Lipinski definition) is 1. The van der Waals surface area contributed by atoms with Crippen molar-refractivity contribution in [2.75, 3.05) is 23.4 Å². The zero-order valence-corrected chi connectivity index (χ0v) is 14.4. The van der Waals surface area contributed by atoms with Crippen LogP contribution in [0.4, 0.5) is 10.8 Å². The van der Waals surface area contributed by atoms with E-state index in [2.05, 4.69) is 15.5 Å². The average molecular weight is 358 g/mol.